The standard InChI is InChI=1S/C42H38N4O4/c1-45(49-2)40(47)39(44-41(48)50-28-38-36-24-14-12-22-34(36)35-23-13-15-25-37(35)38)26-33-27-46(29-43-33)42(30-16-6-3-7-17-30,31-18-8-4-9-19-31)32-20-10-5-11-21-32/h3-25,27,29,38-39H,26,28H2,1-2H3,(H,44,48)/t39-/m0/s1. The number of nitrogens with zero attached hydrogens (tertiary/aromatic N) is 3. The average molecular weight is 663 g/mol. The van der Waals surface area contributed by atoms with Gasteiger partial charge in [0.15, 0.2) is 0 Å². The molecule has 1 heterocycles. The Labute approximate surface area is 291 Å². The predicted octanol–water partition coefficient (Wildman–Crippen LogP) is 7.19. The third-order valence-electron chi connectivity index (χ3n) is 9.53. The molecule has 250 valence electrons. The van der Waals surface area contributed by atoms with Gasteiger partial charge >= 0.3 is 6.09 Å². The number of hydroxylamine groups is 2. The quantitative estimate of drug-likeness (QED) is 0.117. The molecule has 7 rings (SSSR count). The summed E-state index contributed by atoms with van der Waals surface area (Å²) in [6.45, 7) is 0.128. The minimum atomic E-state index is -1.00. The smallest absolute Gasteiger partial charge is 0.407 e. The number of benzene rings is 5. The summed E-state index contributed by atoms with van der Waals surface area (Å²) in [5.74, 6) is -0.544. The highest BCUT2D eigenvalue weighted by atomic mass is 16.7. The van der Waals surface area contributed by atoms with E-state index in [2.05, 4.69) is 70.5 Å². The van der Waals surface area contributed by atoms with E-state index in [1.165, 1.54) is 14.2 Å². The highest BCUT2D eigenvalue weighted by Crippen LogP contribution is 2.44. The third kappa shape index (κ3) is 6.06. The van der Waals surface area contributed by atoms with Gasteiger partial charge in [-0.25, -0.2) is 14.8 Å². The van der Waals surface area contributed by atoms with Crippen LogP contribution in [0.3, 0.4) is 0 Å². The van der Waals surface area contributed by atoms with Crippen LogP contribution >= 0.6 is 0 Å². The van der Waals surface area contributed by atoms with E-state index < -0.39 is 23.6 Å². The number of carbonyl (C=O) groups excluding carboxylic acids is 2. The zero-order valence-corrected chi connectivity index (χ0v) is 28.0. The van der Waals surface area contributed by atoms with Crippen LogP contribution < -0.4 is 5.32 Å². The molecule has 1 aliphatic carbocycles. The van der Waals surface area contributed by atoms with Gasteiger partial charge in [-0.15, -0.1) is 0 Å². The van der Waals surface area contributed by atoms with E-state index in [1.807, 2.05) is 85.1 Å². The second-order valence-corrected chi connectivity index (χ2v) is 12.3. The summed E-state index contributed by atoms with van der Waals surface area (Å²) in [6.07, 6.45) is 3.15. The maximum absolute atomic E-state index is 13.6. The van der Waals surface area contributed by atoms with Gasteiger partial charge in [0, 0.05) is 25.6 Å². The van der Waals surface area contributed by atoms with Crippen molar-refractivity contribution in [2.75, 3.05) is 20.8 Å². The molecule has 6 aromatic rings. The molecule has 1 N–H and O–H groups in total. The first-order valence-electron chi connectivity index (χ1n) is 16.6. The number of hydrogen-bond donors (Lipinski definition) is 1. The first-order chi connectivity index (χ1) is 24.5. The van der Waals surface area contributed by atoms with Crippen molar-refractivity contribution in [3.8, 4) is 11.1 Å². The van der Waals surface area contributed by atoms with Crippen molar-refractivity contribution < 1.29 is 19.2 Å². The number of rotatable bonds is 11. The Morgan fingerprint density at radius 3 is 1.74 bits per heavy atom. The third-order valence-corrected chi connectivity index (χ3v) is 9.53. The van der Waals surface area contributed by atoms with E-state index in [0.717, 1.165) is 44.0 Å². The average Bonchev–Trinajstić information content (AvgIpc) is 3.77. The number of ether oxygens (including phenoxy) is 1. The highest BCUT2D eigenvalue weighted by Gasteiger charge is 2.39. The molecule has 0 bridgehead atoms. The number of nitrogens with one attached hydrogen (secondary N) is 1. The fourth-order valence-corrected chi connectivity index (χ4v) is 7.14. The van der Waals surface area contributed by atoms with Crippen molar-refractivity contribution in [1.82, 2.24) is 19.9 Å². The van der Waals surface area contributed by atoms with Gasteiger partial charge in [0.1, 0.15) is 18.2 Å². The van der Waals surface area contributed by atoms with Crippen LogP contribution in [-0.2, 0) is 26.3 Å². The largest absolute Gasteiger partial charge is 0.449 e. The highest BCUT2D eigenvalue weighted by molar-refractivity contribution is 5.85. The zero-order chi connectivity index (χ0) is 34.5. The number of aromatic nitrogens is 2. The van der Waals surface area contributed by atoms with E-state index >= 15 is 0 Å². The molecule has 0 spiro atoms. The van der Waals surface area contributed by atoms with Gasteiger partial charge in [-0.05, 0) is 38.9 Å². The van der Waals surface area contributed by atoms with Crippen molar-refractivity contribution in [1.29, 1.82) is 0 Å². The molecule has 2 amide bonds. The molecule has 1 atom stereocenters. The maximum atomic E-state index is 13.6. The van der Waals surface area contributed by atoms with Crippen molar-refractivity contribution in [2.45, 2.75) is 23.9 Å². The van der Waals surface area contributed by atoms with Gasteiger partial charge in [-0.1, -0.05) is 140 Å². The number of fused-ring (bicyclic) bond motifs is 3. The Balaban J connectivity index is 1.18. The summed E-state index contributed by atoms with van der Waals surface area (Å²) in [5.41, 5.74) is 7.48. The molecule has 0 radical (unpaired) electrons. The van der Waals surface area contributed by atoms with Crippen LogP contribution in [0.25, 0.3) is 11.1 Å². The van der Waals surface area contributed by atoms with Gasteiger partial charge in [0.25, 0.3) is 5.91 Å². The van der Waals surface area contributed by atoms with Crippen molar-refractivity contribution >= 4 is 12.0 Å². The molecule has 0 fully saturated rings. The van der Waals surface area contributed by atoms with Crippen molar-refractivity contribution in [3.63, 3.8) is 0 Å². The monoisotopic (exact) mass is 662 g/mol. The summed E-state index contributed by atoms with van der Waals surface area (Å²) in [4.78, 5) is 37.0. The molecule has 0 aliphatic heterocycles. The lowest BCUT2D eigenvalue weighted by atomic mass is 9.77. The van der Waals surface area contributed by atoms with Crippen LogP contribution in [0, 0.1) is 0 Å². The molecule has 8 nitrogen and oxygen atoms in total. The Kier molecular flexibility index (Phi) is 9.27. The molecule has 8 heteroatoms. The number of likely N-dealkylation sites (N-methyl/N-ethyl adjacent to an activating group) is 1. The molecule has 0 saturated heterocycles. The van der Waals surface area contributed by atoms with Gasteiger partial charge < -0.3 is 14.6 Å². The maximum Gasteiger partial charge on any atom is 0.407 e. The van der Waals surface area contributed by atoms with Gasteiger partial charge in [-0.2, -0.15) is 0 Å². The van der Waals surface area contributed by atoms with Gasteiger partial charge in [0.05, 0.1) is 19.1 Å². The van der Waals surface area contributed by atoms with Crippen LogP contribution in [0.15, 0.2) is 152 Å². The van der Waals surface area contributed by atoms with E-state index in [4.69, 9.17) is 14.6 Å². The molecule has 1 aromatic heterocycles. The normalized spacial score (nSPS) is 12.8. The minimum Gasteiger partial charge on any atom is -0.449 e. The summed E-state index contributed by atoms with van der Waals surface area (Å²) in [7, 11) is 2.92. The lowest BCUT2D eigenvalue weighted by Crippen LogP contribution is -2.48. The van der Waals surface area contributed by atoms with E-state index in [9.17, 15) is 9.59 Å². The van der Waals surface area contributed by atoms with Crippen LogP contribution in [-0.4, -0.2) is 53.4 Å². The lowest BCUT2D eigenvalue weighted by Gasteiger charge is -2.37. The summed E-state index contributed by atoms with van der Waals surface area (Å²) in [5, 5.41) is 3.92. The molecule has 0 unspecified atom stereocenters. The summed E-state index contributed by atoms with van der Waals surface area (Å²) < 4.78 is 7.90. The Bertz CT molecular complexity index is 1940. The minimum absolute atomic E-state index is 0.109. The molecular formula is C42H38N4O4. The fraction of sp³-hybridized carbons (Fsp3) is 0.167. The molecule has 5 aromatic carbocycles. The Hall–Kier alpha value is -5.99. The van der Waals surface area contributed by atoms with Crippen molar-refractivity contribution in [3.05, 3.63) is 186 Å². The van der Waals surface area contributed by atoms with E-state index in [0.29, 0.717) is 5.69 Å². The molecule has 1 aliphatic rings. The first-order valence-corrected chi connectivity index (χ1v) is 16.6. The number of imidazole rings is 1. The SMILES string of the molecule is CON(C)C(=O)[C@H](Cc1cn(C(c2ccccc2)(c2ccccc2)c2ccccc2)cn1)NC(=O)OCC1c2ccccc2-c2ccccc21. The Morgan fingerprint density at radius 2 is 1.24 bits per heavy atom. The Morgan fingerprint density at radius 1 is 0.760 bits per heavy atom. The lowest BCUT2D eigenvalue weighted by molar-refractivity contribution is -0.170. The molecule has 0 saturated carbocycles. The molecule has 50 heavy (non-hydrogen) atoms. The number of carbonyl (C=O) groups is 2. The predicted molar refractivity (Wildman–Crippen MR) is 192 cm³/mol. The second-order valence-electron chi connectivity index (χ2n) is 12.3. The summed E-state index contributed by atoms with van der Waals surface area (Å²) >= 11 is 0. The first kappa shape index (κ1) is 32.6. The van der Waals surface area contributed by atoms with E-state index in [1.54, 1.807) is 6.33 Å². The fourth-order valence-electron chi connectivity index (χ4n) is 7.14. The number of alkyl carbamates (subject to hydrolysis) is 1. The van der Waals surface area contributed by atoms with Crippen molar-refractivity contribution in [2.24, 2.45) is 0 Å². The topological polar surface area (TPSA) is 85.7 Å². The van der Waals surface area contributed by atoms with Gasteiger partial charge in [0.2, 0.25) is 0 Å². The second kappa shape index (κ2) is 14.2. The van der Waals surface area contributed by atoms with Gasteiger partial charge in [-0.3, -0.25) is 9.63 Å². The van der Waals surface area contributed by atoms with Crippen LogP contribution in [0.2, 0.25) is 0 Å². The van der Waals surface area contributed by atoms with Crippen LogP contribution in [0.4, 0.5) is 4.79 Å². The molecular weight excluding hydrogens is 624 g/mol. The van der Waals surface area contributed by atoms with E-state index in [-0.39, 0.29) is 18.9 Å². The number of hydrogen-bond acceptors (Lipinski definition) is 5. The summed E-state index contributed by atoms with van der Waals surface area (Å²) in [6, 6.07) is 46.2. The zero-order valence-electron chi connectivity index (χ0n) is 28.0. The van der Waals surface area contributed by atoms with Crippen LogP contribution in [0.5, 0.6) is 0 Å². The number of amides is 2. The van der Waals surface area contributed by atoms with Crippen LogP contribution in [0.1, 0.15) is 39.4 Å².